The Morgan fingerprint density at radius 2 is 1.76 bits per heavy atom. The van der Waals surface area contributed by atoms with E-state index in [0.717, 1.165) is 11.6 Å². The standard InChI is InChI=1S/C21H20F3N5O5/c1-32-14-6-3-12(4-7-14)10-26-19(30)18-15(27-20(25)31)11-29(28-18)13-5-8-16(17(9-13)33-2)34-21(22,23)24/h3-9,11H,10H2,1-2H3,(H,26,30)(H3,25,27,31). The molecule has 0 fully saturated rings. The van der Waals surface area contributed by atoms with Crippen molar-refractivity contribution in [2.75, 3.05) is 19.5 Å². The summed E-state index contributed by atoms with van der Waals surface area (Å²) in [5, 5.41) is 9.12. The summed E-state index contributed by atoms with van der Waals surface area (Å²) >= 11 is 0. The van der Waals surface area contributed by atoms with E-state index in [9.17, 15) is 22.8 Å². The van der Waals surface area contributed by atoms with Gasteiger partial charge in [0.2, 0.25) is 0 Å². The molecule has 0 saturated carbocycles. The molecule has 3 rings (SSSR count). The molecular weight excluding hydrogens is 459 g/mol. The monoisotopic (exact) mass is 479 g/mol. The number of ether oxygens (including phenoxy) is 3. The molecule has 1 heterocycles. The van der Waals surface area contributed by atoms with E-state index in [4.69, 9.17) is 15.2 Å². The smallest absolute Gasteiger partial charge is 0.497 e. The summed E-state index contributed by atoms with van der Waals surface area (Å²) in [6, 6.07) is 9.58. The molecule has 180 valence electrons. The van der Waals surface area contributed by atoms with Crippen LogP contribution in [0.2, 0.25) is 0 Å². The van der Waals surface area contributed by atoms with Crippen molar-refractivity contribution in [3.8, 4) is 22.9 Å². The van der Waals surface area contributed by atoms with E-state index in [1.54, 1.807) is 24.3 Å². The maximum atomic E-state index is 12.7. The minimum absolute atomic E-state index is 0.00526. The van der Waals surface area contributed by atoms with Crippen molar-refractivity contribution in [2.45, 2.75) is 12.9 Å². The molecule has 0 bridgehead atoms. The van der Waals surface area contributed by atoms with Gasteiger partial charge in [0.05, 0.1) is 31.8 Å². The molecule has 0 aliphatic carbocycles. The number of carbonyl (C=O) groups excluding carboxylic acids is 2. The van der Waals surface area contributed by atoms with Gasteiger partial charge in [-0.1, -0.05) is 12.1 Å². The number of carbonyl (C=O) groups is 2. The van der Waals surface area contributed by atoms with Gasteiger partial charge < -0.3 is 30.6 Å². The number of amides is 3. The van der Waals surface area contributed by atoms with Crippen molar-refractivity contribution in [3.05, 3.63) is 59.9 Å². The Labute approximate surface area is 191 Å². The van der Waals surface area contributed by atoms with Gasteiger partial charge in [0.25, 0.3) is 5.91 Å². The number of methoxy groups -OCH3 is 2. The number of aromatic nitrogens is 2. The molecule has 0 radical (unpaired) electrons. The normalized spacial score (nSPS) is 11.0. The van der Waals surface area contributed by atoms with Crippen LogP contribution in [0.3, 0.4) is 0 Å². The van der Waals surface area contributed by atoms with Gasteiger partial charge in [0.15, 0.2) is 17.2 Å². The predicted octanol–water partition coefficient (Wildman–Crippen LogP) is 3.21. The number of hydrogen-bond acceptors (Lipinski definition) is 6. The quantitative estimate of drug-likeness (QED) is 0.455. The van der Waals surface area contributed by atoms with Crippen LogP contribution in [-0.2, 0) is 6.54 Å². The first-order valence-corrected chi connectivity index (χ1v) is 9.61. The molecule has 3 aromatic rings. The molecule has 34 heavy (non-hydrogen) atoms. The molecule has 2 aromatic carbocycles. The van der Waals surface area contributed by atoms with Gasteiger partial charge in [-0.2, -0.15) is 5.10 Å². The molecule has 0 aliphatic rings. The molecule has 3 amide bonds. The second kappa shape index (κ2) is 10.0. The van der Waals surface area contributed by atoms with Crippen molar-refractivity contribution < 1.29 is 37.0 Å². The molecule has 0 saturated heterocycles. The zero-order chi connectivity index (χ0) is 24.9. The Bertz CT molecular complexity index is 1180. The summed E-state index contributed by atoms with van der Waals surface area (Å²) in [6.07, 6.45) is -3.62. The Morgan fingerprint density at radius 1 is 1.06 bits per heavy atom. The Kier molecular flexibility index (Phi) is 7.14. The van der Waals surface area contributed by atoms with E-state index >= 15 is 0 Å². The summed E-state index contributed by atoms with van der Waals surface area (Å²) in [5.41, 5.74) is 6.02. The van der Waals surface area contributed by atoms with E-state index < -0.39 is 24.1 Å². The minimum atomic E-state index is -4.91. The molecule has 0 unspecified atom stereocenters. The average molecular weight is 479 g/mol. The van der Waals surface area contributed by atoms with E-state index in [0.29, 0.717) is 5.75 Å². The van der Waals surface area contributed by atoms with Crippen LogP contribution in [0.5, 0.6) is 17.2 Å². The van der Waals surface area contributed by atoms with Gasteiger partial charge in [-0.15, -0.1) is 13.2 Å². The van der Waals surface area contributed by atoms with Crippen LogP contribution < -0.4 is 30.6 Å². The zero-order valence-electron chi connectivity index (χ0n) is 18.0. The zero-order valence-corrected chi connectivity index (χ0v) is 18.0. The third-order valence-electron chi connectivity index (χ3n) is 4.44. The molecule has 0 atom stereocenters. The van der Waals surface area contributed by atoms with Crippen LogP contribution >= 0.6 is 0 Å². The van der Waals surface area contributed by atoms with Crippen molar-refractivity contribution in [1.82, 2.24) is 15.1 Å². The van der Waals surface area contributed by atoms with Crippen LogP contribution in [0.4, 0.5) is 23.7 Å². The SMILES string of the molecule is COc1ccc(CNC(=O)c2nn(-c3ccc(OC(F)(F)F)c(OC)c3)cc2NC(N)=O)cc1. The van der Waals surface area contributed by atoms with Crippen LogP contribution in [0.1, 0.15) is 16.1 Å². The summed E-state index contributed by atoms with van der Waals surface area (Å²) in [6.45, 7) is 0.156. The van der Waals surface area contributed by atoms with Gasteiger partial charge in [0, 0.05) is 12.6 Å². The van der Waals surface area contributed by atoms with E-state index in [-0.39, 0.29) is 29.4 Å². The molecular formula is C21H20F3N5O5. The summed E-state index contributed by atoms with van der Waals surface area (Å²) in [4.78, 5) is 24.1. The number of hydrogen-bond donors (Lipinski definition) is 3. The second-order valence-electron chi connectivity index (χ2n) is 6.74. The number of rotatable bonds is 8. The fourth-order valence-electron chi connectivity index (χ4n) is 2.92. The van der Waals surface area contributed by atoms with Crippen molar-refractivity contribution >= 4 is 17.6 Å². The van der Waals surface area contributed by atoms with Crippen molar-refractivity contribution in [1.29, 1.82) is 0 Å². The molecule has 4 N–H and O–H groups in total. The first-order chi connectivity index (χ1) is 16.1. The number of nitrogens with one attached hydrogen (secondary N) is 2. The third kappa shape index (κ3) is 6.09. The first kappa shape index (κ1) is 24.2. The lowest BCUT2D eigenvalue weighted by Gasteiger charge is -2.13. The number of urea groups is 1. The molecule has 10 nitrogen and oxygen atoms in total. The van der Waals surface area contributed by atoms with Gasteiger partial charge >= 0.3 is 12.4 Å². The topological polar surface area (TPSA) is 130 Å². The highest BCUT2D eigenvalue weighted by atomic mass is 19.4. The van der Waals surface area contributed by atoms with Crippen LogP contribution in [-0.4, -0.2) is 42.3 Å². The molecule has 0 spiro atoms. The van der Waals surface area contributed by atoms with Crippen molar-refractivity contribution in [3.63, 3.8) is 0 Å². The number of alkyl halides is 3. The molecule has 1 aromatic heterocycles. The number of halogens is 3. The summed E-state index contributed by atoms with van der Waals surface area (Å²) in [5.74, 6) is -0.745. The largest absolute Gasteiger partial charge is 0.573 e. The van der Waals surface area contributed by atoms with Gasteiger partial charge in [-0.05, 0) is 29.8 Å². The van der Waals surface area contributed by atoms with Gasteiger partial charge in [0.1, 0.15) is 5.75 Å². The van der Waals surface area contributed by atoms with Crippen LogP contribution in [0.15, 0.2) is 48.7 Å². The highest BCUT2D eigenvalue weighted by Crippen LogP contribution is 2.34. The minimum Gasteiger partial charge on any atom is -0.497 e. The lowest BCUT2D eigenvalue weighted by Crippen LogP contribution is -2.26. The molecule has 13 heteroatoms. The number of primary amides is 1. The van der Waals surface area contributed by atoms with Gasteiger partial charge in [-0.3, -0.25) is 4.79 Å². The average Bonchev–Trinajstić information content (AvgIpc) is 3.20. The number of nitrogens with two attached hydrogens (primary N) is 1. The second-order valence-corrected chi connectivity index (χ2v) is 6.74. The van der Waals surface area contributed by atoms with E-state index in [1.165, 1.54) is 37.2 Å². The van der Waals surface area contributed by atoms with E-state index in [2.05, 4.69) is 20.5 Å². The highest BCUT2D eigenvalue weighted by Gasteiger charge is 2.32. The van der Waals surface area contributed by atoms with E-state index in [1.807, 2.05) is 0 Å². The number of anilines is 1. The third-order valence-corrected chi connectivity index (χ3v) is 4.44. The van der Waals surface area contributed by atoms with Crippen LogP contribution in [0, 0.1) is 0 Å². The maximum absolute atomic E-state index is 12.7. The fourth-order valence-corrected chi connectivity index (χ4v) is 2.92. The predicted molar refractivity (Wildman–Crippen MR) is 114 cm³/mol. The fraction of sp³-hybridized carbons (Fsp3) is 0.190. The Balaban J connectivity index is 1.86. The highest BCUT2D eigenvalue weighted by molar-refractivity contribution is 6.01. The number of nitrogens with zero attached hydrogens (tertiary/aromatic N) is 2. The van der Waals surface area contributed by atoms with Gasteiger partial charge in [-0.25, -0.2) is 9.48 Å². The summed E-state index contributed by atoms with van der Waals surface area (Å²) in [7, 11) is 2.70. The maximum Gasteiger partial charge on any atom is 0.573 e. The van der Waals surface area contributed by atoms with Crippen LogP contribution in [0.25, 0.3) is 5.69 Å². The lowest BCUT2D eigenvalue weighted by molar-refractivity contribution is -0.275. The Morgan fingerprint density at radius 3 is 2.35 bits per heavy atom. The van der Waals surface area contributed by atoms with Crippen molar-refractivity contribution in [2.24, 2.45) is 5.73 Å². The first-order valence-electron chi connectivity index (χ1n) is 9.61. The summed E-state index contributed by atoms with van der Waals surface area (Å²) < 4.78 is 52.9. The molecule has 0 aliphatic heterocycles. The number of benzene rings is 2. The Hall–Kier alpha value is -4.42. The lowest BCUT2D eigenvalue weighted by atomic mass is 10.2.